The zero-order valence-electron chi connectivity index (χ0n) is 12.4. The molecule has 0 spiro atoms. The van der Waals surface area contributed by atoms with E-state index in [2.05, 4.69) is 23.9 Å². The predicted octanol–water partition coefficient (Wildman–Crippen LogP) is 2.14. The predicted molar refractivity (Wildman–Crippen MR) is 81.4 cm³/mol. The molecule has 0 fully saturated rings. The van der Waals surface area contributed by atoms with Gasteiger partial charge in [0.1, 0.15) is 0 Å². The van der Waals surface area contributed by atoms with Crippen molar-refractivity contribution in [3.8, 4) is 0 Å². The first-order valence-electron chi connectivity index (χ1n) is 6.55. The summed E-state index contributed by atoms with van der Waals surface area (Å²) >= 11 is 0. The molecule has 0 unspecified atom stereocenters. The zero-order chi connectivity index (χ0) is 15.3. The van der Waals surface area contributed by atoms with Crippen LogP contribution in [0.1, 0.15) is 36.2 Å². The molecule has 2 N–H and O–H groups in total. The molecule has 0 aliphatic rings. The van der Waals surface area contributed by atoms with E-state index in [1.54, 1.807) is 25.1 Å². The standard InChI is InChI=1S/C14H22N2O3S/c1-10(2)7-8-15-14(17)12-5-6-13(11(3)9-12)16-20(4,18)19/h5-6,9-10,16H,7-8H2,1-4H3,(H,15,17). The van der Waals surface area contributed by atoms with Crippen molar-refractivity contribution in [1.29, 1.82) is 0 Å². The molecule has 0 bridgehead atoms. The van der Waals surface area contributed by atoms with Crippen molar-refractivity contribution in [2.75, 3.05) is 17.5 Å². The van der Waals surface area contributed by atoms with Gasteiger partial charge in [-0.25, -0.2) is 8.42 Å². The van der Waals surface area contributed by atoms with Crippen LogP contribution in [-0.4, -0.2) is 27.1 Å². The molecule has 0 atom stereocenters. The molecule has 1 amide bonds. The van der Waals surface area contributed by atoms with E-state index in [0.717, 1.165) is 12.7 Å². The number of aryl methyl sites for hydroxylation is 1. The molecule has 1 aromatic carbocycles. The number of nitrogens with one attached hydrogen (secondary N) is 2. The number of amides is 1. The van der Waals surface area contributed by atoms with Crippen molar-refractivity contribution >= 4 is 21.6 Å². The van der Waals surface area contributed by atoms with Gasteiger partial charge in [0.05, 0.1) is 11.9 Å². The fourth-order valence-electron chi connectivity index (χ4n) is 1.70. The van der Waals surface area contributed by atoms with Crippen molar-refractivity contribution in [2.45, 2.75) is 27.2 Å². The summed E-state index contributed by atoms with van der Waals surface area (Å²) < 4.78 is 24.8. The molecule has 0 aliphatic heterocycles. The van der Waals surface area contributed by atoms with Gasteiger partial charge in [-0.15, -0.1) is 0 Å². The number of sulfonamides is 1. The summed E-state index contributed by atoms with van der Waals surface area (Å²) in [5.41, 5.74) is 1.74. The van der Waals surface area contributed by atoms with E-state index >= 15 is 0 Å². The Labute approximate surface area is 120 Å². The van der Waals surface area contributed by atoms with Crippen molar-refractivity contribution in [1.82, 2.24) is 5.32 Å². The number of anilines is 1. The van der Waals surface area contributed by atoms with Gasteiger partial charge in [-0.05, 0) is 43.0 Å². The molecule has 1 aromatic rings. The monoisotopic (exact) mass is 298 g/mol. The zero-order valence-corrected chi connectivity index (χ0v) is 13.2. The Morgan fingerprint density at radius 1 is 1.30 bits per heavy atom. The Bertz CT molecular complexity index is 580. The van der Waals surface area contributed by atoms with E-state index in [1.807, 2.05) is 0 Å². The second kappa shape index (κ2) is 6.74. The van der Waals surface area contributed by atoms with Crippen molar-refractivity contribution in [2.24, 2.45) is 5.92 Å². The van der Waals surface area contributed by atoms with E-state index < -0.39 is 10.0 Å². The molecule has 0 saturated heterocycles. The van der Waals surface area contributed by atoms with Crippen LogP contribution in [0.25, 0.3) is 0 Å². The molecule has 5 nitrogen and oxygen atoms in total. The largest absolute Gasteiger partial charge is 0.352 e. The van der Waals surface area contributed by atoms with Gasteiger partial charge in [-0.2, -0.15) is 0 Å². The van der Waals surface area contributed by atoms with E-state index in [0.29, 0.717) is 29.3 Å². The summed E-state index contributed by atoms with van der Waals surface area (Å²) in [6.07, 6.45) is 2.03. The number of hydrogen-bond donors (Lipinski definition) is 2. The first kappa shape index (κ1) is 16.5. The van der Waals surface area contributed by atoms with Gasteiger partial charge in [0.2, 0.25) is 10.0 Å². The number of benzene rings is 1. The summed E-state index contributed by atoms with van der Waals surface area (Å²) in [5, 5.41) is 2.85. The molecule has 0 radical (unpaired) electrons. The van der Waals surface area contributed by atoms with Gasteiger partial charge < -0.3 is 5.32 Å². The lowest BCUT2D eigenvalue weighted by atomic mass is 10.1. The fraction of sp³-hybridized carbons (Fsp3) is 0.500. The van der Waals surface area contributed by atoms with Gasteiger partial charge in [-0.3, -0.25) is 9.52 Å². The maximum atomic E-state index is 11.9. The lowest BCUT2D eigenvalue weighted by Gasteiger charge is -2.10. The Hall–Kier alpha value is -1.56. The first-order valence-corrected chi connectivity index (χ1v) is 8.45. The van der Waals surface area contributed by atoms with Gasteiger partial charge in [0.15, 0.2) is 0 Å². The Balaban J connectivity index is 2.74. The van der Waals surface area contributed by atoms with Gasteiger partial charge in [0.25, 0.3) is 5.91 Å². The highest BCUT2D eigenvalue weighted by atomic mass is 32.2. The minimum atomic E-state index is -3.31. The van der Waals surface area contributed by atoms with Crippen molar-refractivity contribution in [3.63, 3.8) is 0 Å². The van der Waals surface area contributed by atoms with Crippen LogP contribution >= 0.6 is 0 Å². The van der Waals surface area contributed by atoms with E-state index in [1.165, 1.54) is 0 Å². The number of carbonyl (C=O) groups excluding carboxylic acids is 1. The minimum absolute atomic E-state index is 0.139. The highest BCUT2D eigenvalue weighted by Gasteiger charge is 2.09. The number of hydrogen-bond acceptors (Lipinski definition) is 3. The Kier molecular flexibility index (Phi) is 5.56. The second-order valence-electron chi connectivity index (χ2n) is 5.34. The molecule has 6 heteroatoms. The molecule has 0 saturated carbocycles. The van der Waals surface area contributed by atoms with Gasteiger partial charge in [0, 0.05) is 12.1 Å². The van der Waals surface area contributed by atoms with E-state index in [9.17, 15) is 13.2 Å². The second-order valence-corrected chi connectivity index (χ2v) is 7.09. The van der Waals surface area contributed by atoms with Gasteiger partial charge in [-0.1, -0.05) is 13.8 Å². The van der Waals surface area contributed by atoms with Crippen LogP contribution < -0.4 is 10.0 Å². The quantitative estimate of drug-likeness (QED) is 0.845. The molecule has 20 heavy (non-hydrogen) atoms. The van der Waals surface area contributed by atoms with Crippen LogP contribution in [0.4, 0.5) is 5.69 Å². The highest BCUT2D eigenvalue weighted by Crippen LogP contribution is 2.17. The summed E-state index contributed by atoms with van der Waals surface area (Å²) in [5.74, 6) is 0.401. The third-order valence-corrected chi connectivity index (χ3v) is 3.38. The average molecular weight is 298 g/mol. The topological polar surface area (TPSA) is 75.3 Å². The summed E-state index contributed by atoms with van der Waals surface area (Å²) in [6, 6.07) is 4.90. The smallest absolute Gasteiger partial charge is 0.251 e. The van der Waals surface area contributed by atoms with Crippen LogP contribution in [0.15, 0.2) is 18.2 Å². The number of rotatable bonds is 6. The SMILES string of the molecule is Cc1cc(C(=O)NCCC(C)C)ccc1NS(C)(=O)=O. The minimum Gasteiger partial charge on any atom is -0.352 e. The fourth-order valence-corrected chi connectivity index (χ4v) is 2.32. The van der Waals surface area contributed by atoms with Crippen molar-refractivity contribution in [3.05, 3.63) is 29.3 Å². The number of carbonyl (C=O) groups is 1. The maximum Gasteiger partial charge on any atom is 0.251 e. The van der Waals surface area contributed by atoms with Crippen LogP contribution in [-0.2, 0) is 10.0 Å². The third kappa shape index (κ3) is 5.61. The van der Waals surface area contributed by atoms with E-state index in [4.69, 9.17) is 0 Å². The lowest BCUT2D eigenvalue weighted by molar-refractivity contribution is 0.0952. The molecule has 0 heterocycles. The summed E-state index contributed by atoms with van der Waals surface area (Å²) in [6.45, 7) is 6.60. The molecular weight excluding hydrogens is 276 g/mol. The van der Waals surface area contributed by atoms with Crippen LogP contribution in [0.2, 0.25) is 0 Å². The first-order chi connectivity index (χ1) is 9.19. The summed E-state index contributed by atoms with van der Waals surface area (Å²) in [7, 11) is -3.31. The maximum absolute atomic E-state index is 11.9. The molecule has 1 rings (SSSR count). The normalized spacial score (nSPS) is 11.4. The molecule has 0 aromatic heterocycles. The van der Waals surface area contributed by atoms with Gasteiger partial charge >= 0.3 is 0 Å². The lowest BCUT2D eigenvalue weighted by Crippen LogP contribution is -2.25. The summed E-state index contributed by atoms with van der Waals surface area (Å²) in [4.78, 5) is 11.9. The van der Waals surface area contributed by atoms with Crippen LogP contribution in [0.3, 0.4) is 0 Å². The van der Waals surface area contributed by atoms with E-state index in [-0.39, 0.29) is 5.91 Å². The molecular formula is C14H22N2O3S. The van der Waals surface area contributed by atoms with Crippen molar-refractivity contribution < 1.29 is 13.2 Å². The average Bonchev–Trinajstić information content (AvgIpc) is 2.29. The van der Waals surface area contributed by atoms with Crippen LogP contribution in [0.5, 0.6) is 0 Å². The highest BCUT2D eigenvalue weighted by molar-refractivity contribution is 7.92. The Morgan fingerprint density at radius 2 is 1.95 bits per heavy atom. The molecule has 112 valence electrons. The Morgan fingerprint density at radius 3 is 2.45 bits per heavy atom. The third-order valence-electron chi connectivity index (χ3n) is 2.79. The molecule has 0 aliphatic carbocycles. The van der Waals surface area contributed by atoms with Crippen LogP contribution in [0, 0.1) is 12.8 Å².